The van der Waals surface area contributed by atoms with E-state index in [1.54, 1.807) is 14.2 Å². The first-order chi connectivity index (χ1) is 12.2. The Kier molecular flexibility index (Phi) is 4.58. The normalized spacial score (nSPS) is 19.0. The maximum Gasteiger partial charge on any atom is 0.147 e. The van der Waals surface area contributed by atoms with Crippen molar-refractivity contribution in [3.63, 3.8) is 0 Å². The van der Waals surface area contributed by atoms with Gasteiger partial charge in [-0.3, -0.25) is 5.32 Å². The molecule has 0 aliphatic carbocycles. The monoisotopic (exact) mass is 356 g/mol. The molecule has 0 fully saturated rings. The fraction of sp³-hybridized carbons (Fsp3) is 0.450. The summed E-state index contributed by atoms with van der Waals surface area (Å²) in [5.74, 6) is 2.35. The molecule has 0 bridgehead atoms. The summed E-state index contributed by atoms with van der Waals surface area (Å²) in [6.07, 6.45) is 0. The number of hydrogen-bond acceptors (Lipinski definition) is 6. The number of nitrogens with zero attached hydrogens (tertiary/aromatic N) is 1. The Morgan fingerprint density at radius 2 is 1.65 bits per heavy atom. The fourth-order valence-electron chi connectivity index (χ4n) is 3.15. The zero-order chi connectivity index (χ0) is 19.1. The van der Waals surface area contributed by atoms with Crippen LogP contribution in [0, 0.1) is 0 Å². The van der Waals surface area contributed by atoms with Crippen LogP contribution >= 0.6 is 0 Å². The largest absolute Gasteiger partial charge is 0.497 e. The molecule has 26 heavy (non-hydrogen) atoms. The molecule has 0 radical (unpaired) electrons. The van der Waals surface area contributed by atoms with E-state index in [4.69, 9.17) is 14.5 Å². The number of ether oxygens (including phenoxy) is 2. The second-order valence-electron chi connectivity index (χ2n) is 7.76. The average Bonchev–Trinajstić information content (AvgIpc) is 2.97. The van der Waals surface area contributed by atoms with E-state index >= 15 is 0 Å². The van der Waals surface area contributed by atoms with E-state index in [0.29, 0.717) is 0 Å². The third-order valence-corrected chi connectivity index (χ3v) is 4.88. The highest BCUT2D eigenvalue weighted by molar-refractivity contribution is 5.78. The Bertz CT molecular complexity index is 807. The standard InChI is InChI=1S/C20H28N4O2/c1-19(2,3)16-11-15(12-8-13(25-6)10-14(9-12)26-7)17-18(22-16)23-24-20(17,4)21-5/h8-11,21,24H,1-7H3,(H,22,23). The van der Waals surface area contributed by atoms with Gasteiger partial charge in [-0.1, -0.05) is 20.8 Å². The van der Waals surface area contributed by atoms with E-state index in [2.05, 4.69) is 49.9 Å². The van der Waals surface area contributed by atoms with Crippen molar-refractivity contribution in [2.24, 2.45) is 0 Å². The topological polar surface area (TPSA) is 67.4 Å². The lowest BCUT2D eigenvalue weighted by Crippen LogP contribution is -2.47. The molecule has 0 amide bonds. The van der Waals surface area contributed by atoms with Crippen molar-refractivity contribution in [3.8, 4) is 22.6 Å². The number of nitrogens with one attached hydrogen (secondary N) is 3. The van der Waals surface area contributed by atoms with E-state index in [9.17, 15) is 0 Å². The molecule has 1 aromatic heterocycles. The van der Waals surface area contributed by atoms with Crippen LogP contribution in [0.15, 0.2) is 24.3 Å². The molecule has 0 saturated heterocycles. The molecule has 1 aromatic carbocycles. The maximum atomic E-state index is 5.47. The number of methoxy groups -OCH3 is 2. The van der Waals surface area contributed by atoms with Crippen LogP contribution in [-0.2, 0) is 11.1 Å². The van der Waals surface area contributed by atoms with Gasteiger partial charge in [0, 0.05) is 22.7 Å². The van der Waals surface area contributed by atoms with Crippen LogP contribution < -0.4 is 25.6 Å². The van der Waals surface area contributed by atoms with Crippen LogP contribution in [0.2, 0.25) is 0 Å². The van der Waals surface area contributed by atoms with Gasteiger partial charge in [-0.15, -0.1) is 0 Å². The molecule has 1 atom stereocenters. The first-order valence-corrected chi connectivity index (χ1v) is 8.73. The maximum absolute atomic E-state index is 5.47. The van der Waals surface area contributed by atoms with E-state index in [1.807, 2.05) is 25.2 Å². The van der Waals surface area contributed by atoms with Gasteiger partial charge in [-0.2, -0.15) is 0 Å². The molecular weight excluding hydrogens is 328 g/mol. The Hall–Kier alpha value is -2.31. The molecule has 3 rings (SSSR count). The minimum atomic E-state index is -0.440. The summed E-state index contributed by atoms with van der Waals surface area (Å²) in [5.41, 5.74) is 10.2. The lowest BCUT2D eigenvalue weighted by molar-refractivity contribution is 0.358. The Morgan fingerprint density at radius 1 is 1.04 bits per heavy atom. The van der Waals surface area contributed by atoms with Crippen LogP contribution in [-0.4, -0.2) is 26.3 Å². The van der Waals surface area contributed by atoms with Gasteiger partial charge in [-0.05, 0) is 43.3 Å². The summed E-state index contributed by atoms with van der Waals surface area (Å²) in [6, 6.07) is 8.10. The van der Waals surface area contributed by atoms with Crippen molar-refractivity contribution in [2.75, 3.05) is 26.7 Å². The lowest BCUT2D eigenvalue weighted by atomic mass is 9.86. The zero-order valence-electron chi connectivity index (χ0n) is 16.6. The smallest absolute Gasteiger partial charge is 0.147 e. The number of aromatic nitrogens is 1. The van der Waals surface area contributed by atoms with Crippen LogP contribution in [0.25, 0.3) is 11.1 Å². The molecule has 0 spiro atoms. The second-order valence-corrected chi connectivity index (χ2v) is 7.76. The number of hydrogen-bond donors (Lipinski definition) is 3. The average molecular weight is 356 g/mol. The highest BCUT2D eigenvalue weighted by Crippen LogP contribution is 2.42. The summed E-state index contributed by atoms with van der Waals surface area (Å²) in [5, 5.41) is 3.35. The second kappa shape index (κ2) is 6.45. The molecule has 2 heterocycles. The molecule has 6 heteroatoms. The van der Waals surface area contributed by atoms with Crippen molar-refractivity contribution < 1.29 is 9.47 Å². The number of fused-ring (bicyclic) bond motifs is 1. The van der Waals surface area contributed by atoms with Gasteiger partial charge in [-0.25, -0.2) is 10.4 Å². The quantitative estimate of drug-likeness (QED) is 0.780. The zero-order valence-corrected chi connectivity index (χ0v) is 16.6. The van der Waals surface area contributed by atoms with E-state index < -0.39 is 5.66 Å². The highest BCUT2D eigenvalue weighted by atomic mass is 16.5. The van der Waals surface area contributed by atoms with Crippen LogP contribution in [0.5, 0.6) is 11.5 Å². The van der Waals surface area contributed by atoms with E-state index in [0.717, 1.165) is 39.7 Å². The van der Waals surface area contributed by atoms with Crippen molar-refractivity contribution in [1.29, 1.82) is 0 Å². The molecule has 2 aromatic rings. The summed E-state index contributed by atoms with van der Waals surface area (Å²) in [4.78, 5) is 4.86. The van der Waals surface area contributed by atoms with Crippen LogP contribution in [0.4, 0.5) is 5.82 Å². The number of hydrazine groups is 1. The summed E-state index contributed by atoms with van der Waals surface area (Å²) in [6.45, 7) is 8.58. The van der Waals surface area contributed by atoms with Crippen molar-refractivity contribution in [3.05, 3.63) is 35.5 Å². The molecule has 6 nitrogen and oxygen atoms in total. The van der Waals surface area contributed by atoms with Gasteiger partial charge >= 0.3 is 0 Å². The molecule has 3 N–H and O–H groups in total. The highest BCUT2D eigenvalue weighted by Gasteiger charge is 2.38. The van der Waals surface area contributed by atoms with Gasteiger partial charge in [0.15, 0.2) is 0 Å². The predicted octanol–water partition coefficient (Wildman–Crippen LogP) is 3.39. The minimum absolute atomic E-state index is 0.0763. The van der Waals surface area contributed by atoms with Crippen molar-refractivity contribution in [2.45, 2.75) is 38.8 Å². The Morgan fingerprint density at radius 3 is 2.15 bits per heavy atom. The predicted molar refractivity (Wildman–Crippen MR) is 105 cm³/mol. The number of benzene rings is 1. The summed E-state index contributed by atoms with van der Waals surface area (Å²) in [7, 11) is 5.26. The van der Waals surface area contributed by atoms with Gasteiger partial charge < -0.3 is 14.9 Å². The Balaban J connectivity index is 2.31. The van der Waals surface area contributed by atoms with Crippen molar-refractivity contribution >= 4 is 5.82 Å². The summed E-state index contributed by atoms with van der Waals surface area (Å²) >= 11 is 0. The summed E-state index contributed by atoms with van der Waals surface area (Å²) < 4.78 is 10.9. The van der Waals surface area contributed by atoms with Gasteiger partial charge in [0.25, 0.3) is 0 Å². The number of pyridine rings is 1. The minimum Gasteiger partial charge on any atom is -0.497 e. The molecule has 140 valence electrons. The fourth-order valence-corrected chi connectivity index (χ4v) is 3.15. The molecule has 1 aliphatic rings. The molecule has 1 aliphatic heterocycles. The van der Waals surface area contributed by atoms with Crippen LogP contribution in [0.1, 0.15) is 39.0 Å². The Labute approximate surface area is 155 Å². The SMILES string of the molecule is CNC1(C)NNc2nc(C(C)(C)C)cc(-c3cc(OC)cc(OC)c3)c21. The van der Waals surface area contributed by atoms with Gasteiger partial charge in [0.2, 0.25) is 0 Å². The van der Waals surface area contributed by atoms with Crippen LogP contribution in [0.3, 0.4) is 0 Å². The number of anilines is 1. The third-order valence-electron chi connectivity index (χ3n) is 4.88. The first-order valence-electron chi connectivity index (χ1n) is 8.73. The van der Waals surface area contributed by atoms with E-state index in [-0.39, 0.29) is 5.41 Å². The molecular formula is C20H28N4O2. The molecule has 0 saturated carbocycles. The third kappa shape index (κ3) is 3.10. The lowest BCUT2D eigenvalue weighted by Gasteiger charge is -2.27. The molecule has 1 unspecified atom stereocenters. The first kappa shape index (κ1) is 18.5. The van der Waals surface area contributed by atoms with Gasteiger partial charge in [0.1, 0.15) is 23.0 Å². The number of rotatable bonds is 4. The van der Waals surface area contributed by atoms with E-state index in [1.165, 1.54) is 0 Å². The van der Waals surface area contributed by atoms with Crippen molar-refractivity contribution in [1.82, 2.24) is 15.7 Å². The van der Waals surface area contributed by atoms with Gasteiger partial charge in [0.05, 0.1) is 14.2 Å².